The molecule has 150 valence electrons. The van der Waals surface area contributed by atoms with E-state index in [0.717, 1.165) is 32.0 Å². The van der Waals surface area contributed by atoms with Crippen molar-refractivity contribution in [1.82, 2.24) is 19.8 Å². The third kappa shape index (κ3) is 5.67. The molecule has 3 rings (SSSR count). The fourth-order valence-corrected chi connectivity index (χ4v) is 5.36. The molecule has 2 aliphatic heterocycles. The second-order valence-electron chi connectivity index (χ2n) is 7.20. The van der Waals surface area contributed by atoms with Crippen LogP contribution in [0.25, 0.3) is 0 Å². The number of guanidine groups is 1. The highest BCUT2D eigenvalue weighted by Gasteiger charge is 2.27. The Bertz CT molecular complexity index is 723. The topological polar surface area (TPSA) is 77.0 Å². The molecule has 8 heteroatoms. The van der Waals surface area contributed by atoms with Crippen LogP contribution in [0.4, 0.5) is 0 Å². The first-order chi connectivity index (χ1) is 13.1. The van der Waals surface area contributed by atoms with E-state index in [9.17, 15) is 8.42 Å². The molecule has 27 heavy (non-hydrogen) atoms. The van der Waals surface area contributed by atoms with Crippen molar-refractivity contribution in [2.24, 2.45) is 4.99 Å². The normalized spacial score (nSPS) is 23.6. The molecular formula is C19H31N5O2S. The van der Waals surface area contributed by atoms with E-state index in [2.05, 4.69) is 50.9 Å². The maximum Gasteiger partial charge on any atom is 0.214 e. The number of sulfonamides is 1. The second kappa shape index (κ2) is 9.52. The third-order valence-electron chi connectivity index (χ3n) is 5.31. The molecule has 1 unspecified atom stereocenters. The summed E-state index contributed by atoms with van der Waals surface area (Å²) in [4.78, 5) is 6.79. The van der Waals surface area contributed by atoms with Crippen LogP contribution >= 0.6 is 0 Å². The third-order valence-corrected chi connectivity index (χ3v) is 7.27. The summed E-state index contributed by atoms with van der Waals surface area (Å²) in [5.41, 5.74) is 1.35. The minimum Gasteiger partial charge on any atom is -0.355 e. The highest BCUT2D eigenvalue weighted by Crippen LogP contribution is 2.19. The van der Waals surface area contributed by atoms with Gasteiger partial charge in [0.25, 0.3) is 0 Å². The van der Waals surface area contributed by atoms with E-state index in [1.807, 2.05) is 0 Å². The van der Waals surface area contributed by atoms with E-state index >= 15 is 0 Å². The predicted molar refractivity (Wildman–Crippen MR) is 109 cm³/mol. The van der Waals surface area contributed by atoms with Crippen molar-refractivity contribution in [3.8, 4) is 0 Å². The second-order valence-corrected chi connectivity index (χ2v) is 9.29. The average Bonchev–Trinajstić information content (AvgIpc) is 3.24. The van der Waals surface area contributed by atoms with Crippen LogP contribution in [0.1, 0.15) is 24.8 Å². The lowest BCUT2D eigenvalue weighted by Gasteiger charge is -2.25. The Morgan fingerprint density at radius 1 is 1.19 bits per heavy atom. The molecule has 0 amide bonds. The highest BCUT2D eigenvalue weighted by molar-refractivity contribution is 7.89. The molecule has 7 nitrogen and oxygen atoms in total. The first-order valence-corrected chi connectivity index (χ1v) is 11.4. The maximum absolute atomic E-state index is 11.8. The zero-order valence-electron chi connectivity index (χ0n) is 16.1. The minimum absolute atomic E-state index is 0.277. The molecule has 0 bridgehead atoms. The minimum atomic E-state index is -3.03. The predicted octanol–water partition coefficient (Wildman–Crippen LogP) is 0.852. The van der Waals surface area contributed by atoms with Gasteiger partial charge < -0.3 is 10.6 Å². The van der Waals surface area contributed by atoms with Crippen LogP contribution in [0.2, 0.25) is 0 Å². The smallest absolute Gasteiger partial charge is 0.214 e. The summed E-state index contributed by atoms with van der Waals surface area (Å²) in [7, 11) is -1.28. The molecule has 0 radical (unpaired) electrons. The van der Waals surface area contributed by atoms with Gasteiger partial charge in [-0.25, -0.2) is 12.7 Å². The van der Waals surface area contributed by atoms with Crippen molar-refractivity contribution in [2.75, 3.05) is 45.5 Å². The van der Waals surface area contributed by atoms with Gasteiger partial charge in [0, 0.05) is 45.8 Å². The standard InChI is InChI=1S/C19H31N5O2S/c1-20-19(21-10-13-24-12-6-14-27(24,25)26)22-15-18-9-5-11-23(18)16-17-7-3-2-4-8-17/h2-4,7-8,18H,5-6,9-16H2,1H3,(H2,20,21,22). The molecule has 1 atom stereocenters. The Kier molecular flexibility index (Phi) is 7.09. The van der Waals surface area contributed by atoms with Crippen molar-refractivity contribution < 1.29 is 8.42 Å². The summed E-state index contributed by atoms with van der Waals surface area (Å²) in [5, 5.41) is 6.64. The molecule has 2 heterocycles. The highest BCUT2D eigenvalue weighted by atomic mass is 32.2. The monoisotopic (exact) mass is 393 g/mol. The van der Waals surface area contributed by atoms with Crippen LogP contribution in [-0.4, -0.2) is 75.1 Å². The molecule has 2 fully saturated rings. The summed E-state index contributed by atoms with van der Waals surface area (Å²) in [5.74, 6) is 1.01. The summed E-state index contributed by atoms with van der Waals surface area (Å²) in [6, 6.07) is 11.1. The van der Waals surface area contributed by atoms with Crippen LogP contribution in [0.15, 0.2) is 35.3 Å². The molecule has 1 aromatic carbocycles. The molecular weight excluding hydrogens is 362 g/mol. The fourth-order valence-electron chi connectivity index (χ4n) is 3.83. The van der Waals surface area contributed by atoms with Crippen molar-refractivity contribution in [1.29, 1.82) is 0 Å². The molecule has 0 aliphatic carbocycles. The number of likely N-dealkylation sites (tertiary alicyclic amines) is 1. The zero-order valence-corrected chi connectivity index (χ0v) is 16.9. The largest absolute Gasteiger partial charge is 0.355 e. The fraction of sp³-hybridized carbons (Fsp3) is 0.632. The number of nitrogens with zero attached hydrogens (tertiary/aromatic N) is 3. The van der Waals surface area contributed by atoms with Crippen molar-refractivity contribution in [2.45, 2.75) is 31.8 Å². The van der Waals surface area contributed by atoms with Gasteiger partial charge in [-0.15, -0.1) is 0 Å². The van der Waals surface area contributed by atoms with Gasteiger partial charge in [0.15, 0.2) is 5.96 Å². The van der Waals surface area contributed by atoms with E-state index in [1.165, 1.54) is 18.4 Å². The summed E-state index contributed by atoms with van der Waals surface area (Å²) in [6.07, 6.45) is 3.13. The molecule has 2 aliphatic rings. The zero-order chi connectivity index (χ0) is 19.1. The molecule has 1 aromatic rings. The number of benzene rings is 1. The van der Waals surface area contributed by atoms with Crippen LogP contribution in [0.5, 0.6) is 0 Å². The van der Waals surface area contributed by atoms with Gasteiger partial charge in [0.05, 0.1) is 5.75 Å². The number of hydrogen-bond acceptors (Lipinski definition) is 4. The summed E-state index contributed by atoms with van der Waals surface area (Å²) in [6.45, 7) is 4.64. The van der Waals surface area contributed by atoms with Gasteiger partial charge in [-0.3, -0.25) is 9.89 Å². The van der Waals surface area contributed by atoms with Crippen LogP contribution in [0.3, 0.4) is 0 Å². The lowest BCUT2D eigenvalue weighted by Crippen LogP contribution is -2.46. The van der Waals surface area contributed by atoms with Gasteiger partial charge in [-0.1, -0.05) is 30.3 Å². The quantitative estimate of drug-likeness (QED) is 0.531. The van der Waals surface area contributed by atoms with Crippen molar-refractivity contribution in [3.05, 3.63) is 35.9 Å². The lowest BCUT2D eigenvalue weighted by atomic mass is 10.2. The Hall–Kier alpha value is -1.64. The molecule has 2 saturated heterocycles. The van der Waals surface area contributed by atoms with E-state index < -0.39 is 10.0 Å². The van der Waals surface area contributed by atoms with E-state index in [4.69, 9.17) is 0 Å². The van der Waals surface area contributed by atoms with Gasteiger partial charge in [0.1, 0.15) is 0 Å². The van der Waals surface area contributed by atoms with Gasteiger partial charge >= 0.3 is 0 Å². The number of nitrogens with one attached hydrogen (secondary N) is 2. The first kappa shape index (κ1) is 20.1. The Balaban J connectivity index is 1.42. The summed E-state index contributed by atoms with van der Waals surface area (Å²) >= 11 is 0. The SMILES string of the molecule is CN=C(NCCN1CCCS1(=O)=O)NCC1CCCN1Cc1ccccc1. The van der Waals surface area contributed by atoms with E-state index in [0.29, 0.717) is 25.7 Å². The van der Waals surface area contributed by atoms with Crippen molar-refractivity contribution >= 4 is 16.0 Å². The number of rotatable bonds is 7. The Labute approximate surface area is 162 Å². The lowest BCUT2D eigenvalue weighted by molar-refractivity contribution is 0.245. The van der Waals surface area contributed by atoms with E-state index in [1.54, 1.807) is 11.4 Å². The molecule has 0 saturated carbocycles. The number of hydrogen-bond donors (Lipinski definition) is 2. The van der Waals surface area contributed by atoms with E-state index in [-0.39, 0.29) is 5.75 Å². The first-order valence-electron chi connectivity index (χ1n) is 9.79. The maximum atomic E-state index is 11.8. The molecule has 2 N–H and O–H groups in total. The van der Waals surface area contributed by atoms with Crippen molar-refractivity contribution in [3.63, 3.8) is 0 Å². The van der Waals surface area contributed by atoms with Gasteiger partial charge in [-0.2, -0.15) is 0 Å². The average molecular weight is 394 g/mol. The van der Waals surface area contributed by atoms with Gasteiger partial charge in [-0.05, 0) is 31.4 Å². The summed E-state index contributed by atoms with van der Waals surface area (Å²) < 4.78 is 25.2. The van der Waals surface area contributed by atoms with Crippen LogP contribution in [0, 0.1) is 0 Å². The van der Waals surface area contributed by atoms with Crippen LogP contribution < -0.4 is 10.6 Å². The molecule has 0 aromatic heterocycles. The Morgan fingerprint density at radius 3 is 2.70 bits per heavy atom. The van der Waals surface area contributed by atoms with Gasteiger partial charge in [0.2, 0.25) is 10.0 Å². The van der Waals surface area contributed by atoms with Crippen LogP contribution in [-0.2, 0) is 16.6 Å². The number of aliphatic imine (C=N–C) groups is 1. The molecule has 0 spiro atoms. The Morgan fingerprint density at radius 2 is 2.00 bits per heavy atom.